The zero-order valence-corrected chi connectivity index (χ0v) is 20.2. The van der Waals surface area contributed by atoms with Crippen LogP contribution < -0.4 is 15.4 Å². The van der Waals surface area contributed by atoms with Crippen LogP contribution in [0.1, 0.15) is 26.7 Å². The lowest BCUT2D eigenvalue weighted by Gasteiger charge is -2.32. The SMILES string of the molecule is CCNC(=NCC(C)Oc1ccccc1Cl)NC1CCN(CCOC)CC1.I. The number of hydrogen-bond acceptors (Lipinski definition) is 4. The number of rotatable bonds is 9. The molecule has 0 spiro atoms. The van der Waals surface area contributed by atoms with Gasteiger partial charge < -0.3 is 25.0 Å². The number of methoxy groups -OCH3 is 1. The monoisotopic (exact) mass is 524 g/mol. The molecule has 1 aliphatic rings. The predicted octanol–water partition coefficient (Wildman–Crippen LogP) is 3.39. The van der Waals surface area contributed by atoms with E-state index in [1.807, 2.05) is 31.2 Å². The molecule has 1 saturated heterocycles. The van der Waals surface area contributed by atoms with Crippen LogP contribution in [0.4, 0.5) is 0 Å². The van der Waals surface area contributed by atoms with Gasteiger partial charge >= 0.3 is 0 Å². The van der Waals surface area contributed by atoms with Crippen molar-refractivity contribution in [1.82, 2.24) is 15.5 Å². The van der Waals surface area contributed by atoms with E-state index in [1.54, 1.807) is 7.11 Å². The highest BCUT2D eigenvalue weighted by Gasteiger charge is 2.19. The topological polar surface area (TPSA) is 58.1 Å². The first kappa shape index (κ1) is 25.3. The van der Waals surface area contributed by atoms with Gasteiger partial charge in [0, 0.05) is 39.3 Å². The molecule has 0 amide bonds. The average Bonchev–Trinajstić information content (AvgIpc) is 2.67. The molecule has 1 atom stereocenters. The summed E-state index contributed by atoms with van der Waals surface area (Å²) in [4.78, 5) is 7.14. The van der Waals surface area contributed by atoms with Gasteiger partial charge in [0.25, 0.3) is 0 Å². The van der Waals surface area contributed by atoms with E-state index in [4.69, 9.17) is 26.1 Å². The quantitative estimate of drug-likeness (QED) is 0.295. The molecule has 0 aliphatic carbocycles. The molecule has 28 heavy (non-hydrogen) atoms. The molecular weight excluding hydrogens is 491 g/mol. The minimum absolute atomic E-state index is 0. The lowest BCUT2D eigenvalue weighted by molar-refractivity contribution is 0.128. The number of benzene rings is 1. The lowest BCUT2D eigenvalue weighted by atomic mass is 10.1. The van der Waals surface area contributed by atoms with Gasteiger partial charge in [-0.25, -0.2) is 4.99 Å². The molecule has 1 aliphatic heterocycles. The van der Waals surface area contributed by atoms with Crippen molar-refractivity contribution < 1.29 is 9.47 Å². The van der Waals surface area contributed by atoms with Gasteiger partial charge in [0.05, 0.1) is 18.2 Å². The van der Waals surface area contributed by atoms with Crippen molar-refractivity contribution in [2.45, 2.75) is 38.8 Å². The summed E-state index contributed by atoms with van der Waals surface area (Å²) in [6, 6.07) is 7.97. The molecule has 2 rings (SSSR count). The second kappa shape index (κ2) is 14.3. The van der Waals surface area contributed by atoms with E-state index < -0.39 is 0 Å². The predicted molar refractivity (Wildman–Crippen MR) is 127 cm³/mol. The fourth-order valence-corrected chi connectivity index (χ4v) is 3.23. The van der Waals surface area contributed by atoms with Gasteiger partial charge in [0.1, 0.15) is 11.9 Å². The van der Waals surface area contributed by atoms with Crippen LogP contribution in [0, 0.1) is 0 Å². The van der Waals surface area contributed by atoms with E-state index in [9.17, 15) is 0 Å². The van der Waals surface area contributed by atoms with Crippen molar-refractivity contribution in [3.63, 3.8) is 0 Å². The number of ether oxygens (including phenoxy) is 2. The summed E-state index contributed by atoms with van der Waals surface area (Å²) in [5.41, 5.74) is 0. The normalized spacial score (nSPS) is 16.9. The number of nitrogens with zero attached hydrogens (tertiary/aromatic N) is 2. The standard InChI is InChI=1S/C20H33ClN4O2.HI/c1-4-22-20(24-17-9-11-25(12-10-17)13-14-26-3)23-15-16(2)27-19-8-6-5-7-18(19)21;/h5-8,16-17H,4,9-15H2,1-3H3,(H2,22,23,24);1H. The lowest BCUT2D eigenvalue weighted by Crippen LogP contribution is -2.49. The van der Waals surface area contributed by atoms with Crippen molar-refractivity contribution in [1.29, 1.82) is 0 Å². The number of aliphatic imine (C=N–C) groups is 1. The Balaban J connectivity index is 0.00000392. The maximum Gasteiger partial charge on any atom is 0.191 e. The van der Waals surface area contributed by atoms with E-state index in [1.165, 1.54) is 0 Å². The molecule has 2 N–H and O–H groups in total. The number of guanidine groups is 1. The molecule has 0 radical (unpaired) electrons. The van der Waals surface area contributed by atoms with Crippen LogP contribution in [-0.2, 0) is 4.74 Å². The Bertz CT molecular complexity index is 583. The summed E-state index contributed by atoms with van der Waals surface area (Å²) in [7, 11) is 1.75. The van der Waals surface area contributed by atoms with Crippen LogP contribution in [0.2, 0.25) is 5.02 Å². The Morgan fingerprint density at radius 3 is 2.68 bits per heavy atom. The van der Waals surface area contributed by atoms with E-state index in [-0.39, 0.29) is 30.1 Å². The molecule has 0 aromatic heterocycles. The van der Waals surface area contributed by atoms with E-state index >= 15 is 0 Å². The summed E-state index contributed by atoms with van der Waals surface area (Å²) >= 11 is 6.16. The molecule has 0 saturated carbocycles. The Morgan fingerprint density at radius 1 is 1.32 bits per heavy atom. The zero-order valence-electron chi connectivity index (χ0n) is 17.1. The molecule has 8 heteroatoms. The molecule has 0 bridgehead atoms. The van der Waals surface area contributed by atoms with Crippen molar-refractivity contribution >= 4 is 41.5 Å². The van der Waals surface area contributed by atoms with Crippen LogP contribution in [0.3, 0.4) is 0 Å². The highest BCUT2D eigenvalue weighted by molar-refractivity contribution is 14.0. The number of hydrogen-bond donors (Lipinski definition) is 2. The van der Waals surface area contributed by atoms with Crippen LogP contribution in [0.5, 0.6) is 5.75 Å². The minimum atomic E-state index is -0.0590. The average molecular weight is 525 g/mol. The minimum Gasteiger partial charge on any atom is -0.487 e. The molecule has 1 fully saturated rings. The summed E-state index contributed by atoms with van der Waals surface area (Å²) in [6.45, 7) is 9.46. The van der Waals surface area contributed by atoms with Gasteiger partial charge in [-0.15, -0.1) is 24.0 Å². The van der Waals surface area contributed by atoms with Crippen LogP contribution in [0.25, 0.3) is 0 Å². The molecule has 1 aromatic carbocycles. The van der Waals surface area contributed by atoms with Gasteiger partial charge in [0.2, 0.25) is 0 Å². The van der Waals surface area contributed by atoms with Crippen molar-refractivity contribution in [2.24, 2.45) is 4.99 Å². The zero-order chi connectivity index (χ0) is 19.5. The highest BCUT2D eigenvalue weighted by Crippen LogP contribution is 2.24. The summed E-state index contributed by atoms with van der Waals surface area (Å²) in [5, 5.41) is 7.52. The summed E-state index contributed by atoms with van der Waals surface area (Å²) in [5.74, 6) is 1.55. The van der Waals surface area contributed by atoms with E-state index in [0.717, 1.165) is 51.6 Å². The Kier molecular flexibility index (Phi) is 12.9. The highest BCUT2D eigenvalue weighted by atomic mass is 127. The van der Waals surface area contributed by atoms with E-state index in [0.29, 0.717) is 23.4 Å². The number of likely N-dealkylation sites (tertiary alicyclic amines) is 1. The van der Waals surface area contributed by atoms with Crippen LogP contribution in [-0.4, -0.2) is 69.4 Å². The largest absolute Gasteiger partial charge is 0.487 e. The fourth-order valence-electron chi connectivity index (χ4n) is 3.05. The third kappa shape index (κ3) is 9.15. The maximum atomic E-state index is 6.16. The van der Waals surface area contributed by atoms with Crippen LogP contribution in [0.15, 0.2) is 29.3 Å². The third-order valence-electron chi connectivity index (χ3n) is 4.56. The fraction of sp³-hybridized carbons (Fsp3) is 0.650. The van der Waals surface area contributed by atoms with Gasteiger partial charge in [-0.05, 0) is 38.8 Å². The van der Waals surface area contributed by atoms with Gasteiger partial charge in [-0.3, -0.25) is 0 Å². The van der Waals surface area contributed by atoms with Crippen molar-refractivity contribution in [2.75, 3.05) is 46.4 Å². The molecule has 160 valence electrons. The maximum absolute atomic E-state index is 6.16. The van der Waals surface area contributed by atoms with Crippen molar-refractivity contribution in [3.05, 3.63) is 29.3 Å². The number of halogens is 2. The molecule has 1 heterocycles. The second-order valence-corrected chi connectivity index (χ2v) is 7.24. The molecule has 6 nitrogen and oxygen atoms in total. The van der Waals surface area contributed by atoms with E-state index in [2.05, 4.69) is 22.5 Å². The van der Waals surface area contributed by atoms with Gasteiger partial charge in [-0.1, -0.05) is 23.7 Å². The molecular formula is C20H34ClIN4O2. The smallest absolute Gasteiger partial charge is 0.191 e. The summed E-state index contributed by atoms with van der Waals surface area (Å²) < 4.78 is 11.1. The Hall–Kier alpha value is -0.770. The molecule has 1 aromatic rings. The Labute approximate surface area is 191 Å². The number of nitrogens with one attached hydrogen (secondary N) is 2. The third-order valence-corrected chi connectivity index (χ3v) is 4.87. The number of piperidine rings is 1. The summed E-state index contributed by atoms with van der Waals surface area (Å²) in [6.07, 6.45) is 2.16. The van der Waals surface area contributed by atoms with Gasteiger partial charge in [-0.2, -0.15) is 0 Å². The number of para-hydroxylation sites is 1. The van der Waals surface area contributed by atoms with Gasteiger partial charge in [0.15, 0.2) is 5.96 Å². The van der Waals surface area contributed by atoms with Crippen molar-refractivity contribution in [3.8, 4) is 5.75 Å². The first-order valence-corrected chi connectivity index (χ1v) is 10.2. The first-order chi connectivity index (χ1) is 13.1. The van der Waals surface area contributed by atoms with Crippen LogP contribution >= 0.6 is 35.6 Å². The second-order valence-electron chi connectivity index (χ2n) is 6.83. The Morgan fingerprint density at radius 2 is 2.04 bits per heavy atom. The first-order valence-electron chi connectivity index (χ1n) is 9.79. The molecule has 1 unspecified atom stereocenters.